The molecule has 0 saturated carbocycles. The molecule has 0 aliphatic rings. The number of carboxylic acids is 1. The molecule has 0 bridgehead atoms. The lowest BCUT2D eigenvalue weighted by atomic mass is 10.1. The molecule has 1 aromatic carbocycles. The lowest BCUT2D eigenvalue weighted by Crippen LogP contribution is -2.23. The van der Waals surface area contributed by atoms with Gasteiger partial charge in [0, 0.05) is 18.7 Å². The van der Waals surface area contributed by atoms with Gasteiger partial charge in [-0.3, -0.25) is 9.48 Å². The number of halogens is 5. The third-order valence-electron chi connectivity index (χ3n) is 2.93. The van der Waals surface area contributed by atoms with E-state index in [1.807, 2.05) is 0 Å². The molecule has 1 heterocycles. The first-order valence-corrected chi connectivity index (χ1v) is 6.28. The molecule has 5 nitrogen and oxygen atoms in total. The second-order valence-electron chi connectivity index (χ2n) is 4.48. The van der Waals surface area contributed by atoms with Crippen LogP contribution in [0.25, 0.3) is 11.3 Å². The molecule has 0 amide bonds. The first-order valence-electron chi connectivity index (χ1n) is 5.90. The van der Waals surface area contributed by atoms with Crippen molar-refractivity contribution in [2.45, 2.75) is 6.18 Å². The monoisotopic (exact) mass is 350 g/mol. The number of hydrogen-bond donors (Lipinski definition) is 1. The van der Waals surface area contributed by atoms with Crippen LogP contribution in [0.5, 0.6) is 0 Å². The Kier molecular flexibility index (Phi) is 4.16. The van der Waals surface area contributed by atoms with E-state index in [-0.39, 0.29) is 6.07 Å². The maximum absolute atomic E-state index is 13.9. The van der Waals surface area contributed by atoms with Gasteiger partial charge in [-0.1, -0.05) is 11.6 Å². The summed E-state index contributed by atoms with van der Waals surface area (Å²) in [5.74, 6) is -2.57. The number of benzene rings is 1. The molecule has 0 aliphatic heterocycles. The van der Waals surface area contributed by atoms with E-state index >= 15 is 0 Å². The third-order valence-corrected chi connectivity index (χ3v) is 3.25. The molecule has 0 spiro atoms. The molecule has 0 saturated heterocycles. The van der Waals surface area contributed by atoms with Gasteiger partial charge < -0.3 is 5.11 Å². The summed E-state index contributed by atoms with van der Waals surface area (Å²) >= 11 is 5.57. The number of rotatable bonds is 2. The van der Waals surface area contributed by atoms with Gasteiger partial charge in [-0.25, -0.2) is 9.18 Å². The molecule has 1 N–H and O–H groups in total. The van der Waals surface area contributed by atoms with Crippen molar-refractivity contribution in [3.63, 3.8) is 0 Å². The van der Waals surface area contributed by atoms with Gasteiger partial charge in [-0.15, -0.1) is 0 Å². The van der Waals surface area contributed by atoms with Crippen LogP contribution in [0.2, 0.25) is 5.02 Å². The minimum absolute atomic E-state index is 0.261. The van der Waals surface area contributed by atoms with E-state index in [1.54, 1.807) is 0 Å². The average molecular weight is 351 g/mol. The minimum atomic E-state index is -4.82. The summed E-state index contributed by atoms with van der Waals surface area (Å²) in [6, 6.07) is 1.66. The predicted octanol–water partition coefficient (Wildman–Crippen LogP) is 2.96. The predicted molar refractivity (Wildman–Crippen MR) is 71.8 cm³/mol. The summed E-state index contributed by atoms with van der Waals surface area (Å²) < 4.78 is 52.4. The summed E-state index contributed by atoms with van der Waals surface area (Å²) in [6.45, 7) is 0. The smallest absolute Gasteiger partial charge is 0.433 e. The molecule has 2 aromatic rings. The van der Waals surface area contributed by atoms with E-state index in [9.17, 15) is 27.2 Å². The Hall–Kier alpha value is -2.42. The quantitative estimate of drug-likeness (QED) is 0.845. The van der Waals surface area contributed by atoms with Crippen LogP contribution in [0.3, 0.4) is 0 Å². The Balaban J connectivity index is 2.74. The fourth-order valence-electron chi connectivity index (χ4n) is 1.89. The highest BCUT2D eigenvalue weighted by atomic mass is 35.5. The van der Waals surface area contributed by atoms with E-state index < -0.39 is 50.9 Å². The van der Waals surface area contributed by atoms with Gasteiger partial charge in [-0.05, 0) is 12.1 Å². The Morgan fingerprint density at radius 1 is 1.30 bits per heavy atom. The summed E-state index contributed by atoms with van der Waals surface area (Å²) in [4.78, 5) is 22.8. The van der Waals surface area contributed by atoms with Gasteiger partial charge >= 0.3 is 12.1 Å². The van der Waals surface area contributed by atoms with Crippen LogP contribution in [-0.4, -0.2) is 20.9 Å². The number of aryl methyl sites for hydroxylation is 1. The number of aromatic nitrogens is 2. The largest absolute Gasteiger partial charge is 0.478 e. The zero-order chi connectivity index (χ0) is 17.5. The number of aromatic carboxylic acids is 1. The zero-order valence-corrected chi connectivity index (χ0v) is 12.0. The van der Waals surface area contributed by atoms with Crippen LogP contribution in [0.15, 0.2) is 23.0 Å². The van der Waals surface area contributed by atoms with Crippen molar-refractivity contribution in [3.05, 3.63) is 50.5 Å². The van der Waals surface area contributed by atoms with Gasteiger partial charge in [0.05, 0.1) is 10.6 Å². The van der Waals surface area contributed by atoms with Crippen molar-refractivity contribution < 1.29 is 27.5 Å². The van der Waals surface area contributed by atoms with Gasteiger partial charge in [0.25, 0.3) is 0 Å². The van der Waals surface area contributed by atoms with Gasteiger partial charge in [-0.2, -0.15) is 18.3 Å². The topological polar surface area (TPSA) is 72.2 Å². The molecule has 0 atom stereocenters. The minimum Gasteiger partial charge on any atom is -0.478 e. The van der Waals surface area contributed by atoms with E-state index in [0.717, 1.165) is 13.1 Å². The lowest BCUT2D eigenvalue weighted by molar-refractivity contribution is -0.144. The molecule has 23 heavy (non-hydrogen) atoms. The summed E-state index contributed by atoms with van der Waals surface area (Å²) in [6.07, 6.45) is -4.82. The zero-order valence-electron chi connectivity index (χ0n) is 11.3. The fourth-order valence-corrected chi connectivity index (χ4v) is 2.12. The fraction of sp³-hybridized carbons (Fsp3) is 0.154. The molecular formula is C13H7ClF4N2O3. The molecule has 0 radical (unpaired) electrons. The Bertz CT molecular complexity index is 862. The molecular weight excluding hydrogens is 344 g/mol. The van der Waals surface area contributed by atoms with Gasteiger partial charge in [0.2, 0.25) is 5.43 Å². The average Bonchev–Trinajstić information content (AvgIpc) is 2.39. The van der Waals surface area contributed by atoms with Crippen LogP contribution in [0, 0.1) is 5.82 Å². The first kappa shape index (κ1) is 16.9. The van der Waals surface area contributed by atoms with Crippen molar-refractivity contribution in [2.24, 2.45) is 7.05 Å². The van der Waals surface area contributed by atoms with E-state index in [4.69, 9.17) is 16.7 Å². The highest BCUT2D eigenvalue weighted by molar-refractivity contribution is 6.33. The van der Waals surface area contributed by atoms with Crippen LogP contribution < -0.4 is 5.43 Å². The maximum atomic E-state index is 13.9. The Labute approximate surface area is 130 Å². The molecule has 10 heteroatoms. The highest BCUT2D eigenvalue weighted by Gasteiger charge is 2.34. The van der Waals surface area contributed by atoms with Gasteiger partial charge in [0.15, 0.2) is 0 Å². The van der Waals surface area contributed by atoms with Crippen LogP contribution in [0.4, 0.5) is 17.6 Å². The molecule has 2 rings (SSSR count). The maximum Gasteiger partial charge on any atom is 0.433 e. The number of nitrogens with zero attached hydrogens (tertiary/aromatic N) is 2. The van der Waals surface area contributed by atoms with E-state index in [0.29, 0.717) is 10.7 Å². The standard InChI is InChI=1S/C13H7ClF4N2O3/c1-20-10(13(16,17)18)4-9(21)11(19-20)6-2-5(12(22)23)7(14)3-8(6)15/h2-4H,1H3,(H,22,23). The van der Waals surface area contributed by atoms with Crippen molar-refractivity contribution in [1.82, 2.24) is 9.78 Å². The van der Waals surface area contributed by atoms with Crippen LogP contribution >= 0.6 is 11.6 Å². The van der Waals surface area contributed by atoms with Crippen molar-refractivity contribution >= 4 is 17.6 Å². The van der Waals surface area contributed by atoms with Crippen molar-refractivity contribution in [2.75, 3.05) is 0 Å². The number of hydrogen-bond acceptors (Lipinski definition) is 3. The van der Waals surface area contributed by atoms with Crippen LogP contribution in [0.1, 0.15) is 16.1 Å². The van der Waals surface area contributed by atoms with Crippen LogP contribution in [-0.2, 0) is 13.2 Å². The first-order chi connectivity index (χ1) is 10.5. The summed E-state index contributed by atoms with van der Waals surface area (Å²) in [5.41, 5.74) is -4.24. The normalized spacial score (nSPS) is 11.6. The molecule has 0 unspecified atom stereocenters. The van der Waals surface area contributed by atoms with Gasteiger partial charge in [0.1, 0.15) is 17.2 Å². The van der Waals surface area contributed by atoms with E-state index in [2.05, 4.69) is 5.10 Å². The third kappa shape index (κ3) is 3.19. The highest BCUT2D eigenvalue weighted by Crippen LogP contribution is 2.29. The number of alkyl halides is 3. The molecule has 1 aromatic heterocycles. The van der Waals surface area contributed by atoms with E-state index in [1.165, 1.54) is 0 Å². The molecule has 122 valence electrons. The Morgan fingerprint density at radius 2 is 1.91 bits per heavy atom. The lowest BCUT2D eigenvalue weighted by Gasteiger charge is -2.13. The summed E-state index contributed by atoms with van der Waals surface area (Å²) in [5, 5.41) is 11.9. The second kappa shape index (κ2) is 5.65. The Morgan fingerprint density at radius 3 is 2.43 bits per heavy atom. The van der Waals surface area contributed by atoms with Crippen molar-refractivity contribution in [3.8, 4) is 11.3 Å². The number of carboxylic acid groups (broad SMARTS) is 1. The SMILES string of the molecule is Cn1nc(-c2cc(C(=O)O)c(Cl)cc2F)c(=O)cc1C(F)(F)F. The molecule has 0 fully saturated rings. The van der Waals surface area contributed by atoms with Crippen molar-refractivity contribution in [1.29, 1.82) is 0 Å². The number of carbonyl (C=O) groups is 1. The summed E-state index contributed by atoms with van der Waals surface area (Å²) in [7, 11) is 0.928. The second-order valence-corrected chi connectivity index (χ2v) is 4.89. The molecule has 0 aliphatic carbocycles.